The molecule has 1 fully saturated rings. The fraction of sp³-hybridized carbons (Fsp3) is 0.500. The van der Waals surface area contributed by atoms with E-state index in [1.165, 1.54) is 6.07 Å². The molecule has 1 saturated heterocycles. The van der Waals surface area contributed by atoms with Crippen molar-refractivity contribution >= 4 is 11.6 Å². The molecule has 1 aliphatic rings. The van der Waals surface area contributed by atoms with Crippen molar-refractivity contribution in [3.8, 4) is 5.75 Å². The summed E-state index contributed by atoms with van der Waals surface area (Å²) in [5.74, 6) is -0.339. The van der Waals surface area contributed by atoms with E-state index in [4.69, 9.17) is 4.74 Å². The predicted octanol–water partition coefficient (Wildman–Crippen LogP) is 2.48. The van der Waals surface area contributed by atoms with E-state index in [0.29, 0.717) is 6.54 Å². The lowest BCUT2D eigenvalue weighted by Crippen LogP contribution is -2.25. The minimum atomic E-state index is -4.42. The van der Waals surface area contributed by atoms with E-state index in [2.05, 4.69) is 10.6 Å². The number of nitrogens with one attached hydrogen (secondary N) is 2. The second-order valence-electron chi connectivity index (χ2n) is 5.08. The number of anilines is 1. The largest absolute Gasteiger partial charge is 0.482 e. The fourth-order valence-corrected chi connectivity index (χ4v) is 2.13. The number of benzene rings is 1. The number of carbonyl (C=O) groups excluding carboxylic acids is 1. The fourth-order valence-electron chi connectivity index (χ4n) is 2.13. The summed E-state index contributed by atoms with van der Waals surface area (Å²) in [7, 11) is 0. The lowest BCUT2D eigenvalue weighted by atomic mass is 10.1. The zero-order valence-electron chi connectivity index (χ0n) is 11.6. The highest BCUT2D eigenvalue weighted by Crippen LogP contribution is 2.28. The highest BCUT2D eigenvalue weighted by atomic mass is 19.4. The molecule has 1 aromatic rings. The van der Waals surface area contributed by atoms with Crippen molar-refractivity contribution in [1.82, 2.24) is 5.32 Å². The number of hydrogen-bond acceptors (Lipinski definition) is 3. The van der Waals surface area contributed by atoms with Gasteiger partial charge in [0.05, 0.1) is 11.6 Å². The SMILES string of the molecule is Cc1ccc(NC(=O)C2CCNC2)c(OCC(F)(F)F)c1. The molecule has 21 heavy (non-hydrogen) atoms. The van der Waals surface area contributed by atoms with Gasteiger partial charge in [-0.15, -0.1) is 0 Å². The Balaban J connectivity index is 2.08. The van der Waals surface area contributed by atoms with Crippen molar-refractivity contribution in [2.24, 2.45) is 5.92 Å². The van der Waals surface area contributed by atoms with Crippen molar-refractivity contribution < 1.29 is 22.7 Å². The van der Waals surface area contributed by atoms with Gasteiger partial charge in [-0.25, -0.2) is 0 Å². The third-order valence-corrected chi connectivity index (χ3v) is 3.22. The van der Waals surface area contributed by atoms with Crippen LogP contribution in [0.3, 0.4) is 0 Å². The van der Waals surface area contributed by atoms with Crippen molar-refractivity contribution in [1.29, 1.82) is 0 Å². The average molecular weight is 302 g/mol. The Kier molecular flexibility index (Phi) is 4.72. The molecule has 2 rings (SSSR count). The summed E-state index contributed by atoms with van der Waals surface area (Å²) < 4.78 is 41.6. The highest BCUT2D eigenvalue weighted by molar-refractivity contribution is 5.94. The maximum atomic E-state index is 12.3. The number of amides is 1. The van der Waals surface area contributed by atoms with Gasteiger partial charge in [-0.1, -0.05) is 6.07 Å². The molecule has 0 bridgehead atoms. The molecule has 7 heteroatoms. The monoisotopic (exact) mass is 302 g/mol. The Hall–Kier alpha value is -1.76. The molecule has 0 radical (unpaired) electrons. The molecular formula is C14H17F3N2O2. The van der Waals surface area contributed by atoms with E-state index >= 15 is 0 Å². The number of halogens is 3. The lowest BCUT2D eigenvalue weighted by molar-refractivity contribution is -0.153. The molecule has 0 spiro atoms. The van der Waals surface area contributed by atoms with Crippen LogP contribution >= 0.6 is 0 Å². The molecule has 1 unspecified atom stereocenters. The van der Waals surface area contributed by atoms with Crippen LogP contribution in [0.4, 0.5) is 18.9 Å². The number of rotatable bonds is 4. The van der Waals surface area contributed by atoms with Gasteiger partial charge in [-0.05, 0) is 37.6 Å². The summed E-state index contributed by atoms with van der Waals surface area (Å²) in [5, 5.41) is 5.71. The first kappa shape index (κ1) is 15.6. The van der Waals surface area contributed by atoms with Gasteiger partial charge in [0.15, 0.2) is 6.61 Å². The summed E-state index contributed by atoms with van der Waals surface area (Å²) in [6, 6.07) is 4.75. The molecule has 1 amide bonds. The molecule has 1 heterocycles. The maximum absolute atomic E-state index is 12.3. The second kappa shape index (κ2) is 6.34. The number of carbonyl (C=O) groups is 1. The minimum absolute atomic E-state index is 0.0339. The zero-order chi connectivity index (χ0) is 15.5. The first-order valence-electron chi connectivity index (χ1n) is 6.67. The normalized spacial score (nSPS) is 18.6. The summed E-state index contributed by atoms with van der Waals surface area (Å²) in [4.78, 5) is 12.0. The summed E-state index contributed by atoms with van der Waals surface area (Å²) in [6.07, 6.45) is -3.70. The van der Waals surface area contributed by atoms with Crippen LogP contribution in [-0.2, 0) is 4.79 Å². The van der Waals surface area contributed by atoms with Gasteiger partial charge < -0.3 is 15.4 Å². The van der Waals surface area contributed by atoms with E-state index in [9.17, 15) is 18.0 Å². The Morgan fingerprint density at radius 1 is 1.48 bits per heavy atom. The second-order valence-corrected chi connectivity index (χ2v) is 5.08. The lowest BCUT2D eigenvalue weighted by Gasteiger charge is -2.16. The van der Waals surface area contributed by atoms with Gasteiger partial charge >= 0.3 is 6.18 Å². The predicted molar refractivity (Wildman–Crippen MR) is 72.3 cm³/mol. The van der Waals surface area contributed by atoms with Crippen LogP contribution in [0.25, 0.3) is 0 Å². The standard InChI is InChI=1S/C14H17F3N2O2/c1-9-2-3-11(12(6-9)21-8-14(15,16)17)19-13(20)10-4-5-18-7-10/h2-3,6,10,18H,4-5,7-8H2,1H3,(H,19,20). The zero-order valence-corrected chi connectivity index (χ0v) is 11.6. The molecule has 1 atom stereocenters. The van der Waals surface area contributed by atoms with Crippen LogP contribution in [0.5, 0.6) is 5.75 Å². The van der Waals surface area contributed by atoms with E-state index in [0.717, 1.165) is 18.5 Å². The van der Waals surface area contributed by atoms with Gasteiger partial charge in [0.25, 0.3) is 0 Å². The third kappa shape index (κ3) is 4.63. The molecular weight excluding hydrogens is 285 g/mol. The first-order valence-corrected chi connectivity index (χ1v) is 6.67. The summed E-state index contributed by atoms with van der Waals surface area (Å²) in [6.45, 7) is 1.71. The molecule has 1 aliphatic heterocycles. The Morgan fingerprint density at radius 3 is 2.86 bits per heavy atom. The molecule has 0 aliphatic carbocycles. The van der Waals surface area contributed by atoms with Gasteiger partial charge in [-0.2, -0.15) is 13.2 Å². The Morgan fingerprint density at radius 2 is 2.24 bits per heavy atom. The van der Waals surface area contributed by atoms with E-state index in [-0.39, 0.29) is 23.3 Å². The van der Waals surface area contributed by atoms with Crippen molar-refractivity contribution in [3.63, 3.8) is 0 Å². The molecule has 1 aromatic carbocycles. The molecule has 0 aromatic heterocycles. The quantitative estimate of drug-likeness (QED) is 0.898. The minimum Gasteiger partial charge on any atom is -0.482 e. The molecule has 0 saturated carbocycles. The van der Waals surface area contributed by atoms with Gasteiger partial charge in [0, 0.05) is 6.54 Å². The number of alkyl halides is 3. The number of ether oxygens (including phenoxy) is 1. The molecule has 116 valence electrons. The summed E-state index contributed by atoms with van der Waals surface area (Å²) >= 11 is 0. The topological polar surface area (TPSA) is 50.4 Å². The van der Waals surface area contributed by atoms with Gasteiger partial charge in [0.1, 0.15) is 5.75 Å². The highest BCUT2D eigenvalue weighted by Gasteiger charge is 2.29. The van der Waals surface area contributed by atoms with Crippen LogP contribution in [0, 0.1) is 12.8 Å². The number of hydrogen-bond donors (Lipinski definition) is 2. The van der Waals surface area contributed by atoms with Crippen LogP contribution in [0.15, 0.2) is 18.2 Å². The number of aryl methyl sites for hydroxylation is 1. The van der Waals surface area contributed by atoms with Crippen LogP contribution in [-0.4, -0.2) is 31.8 Å². The first-order chi connectivity index (χ1) is 9.85. The summed E-state index contributed by atoms with van der Waals surface area (Å²) in [5.41, 5.74) is 1.02. The van der Waals surface area contributed by atoms with Crippen molar-refractivity contribution in [2.75, 3.05) is 25.0 Å². The maximum Gasteiger partial charge on any atom is 0.422 e. The molecule has 2 N–H and O–H groups in total. The third-order valence-electron chi connectivity index (χ3n) is 3.22. The van der Waals surface area contributed by atoms with Crippen LogP contribution in [0.1, 0.15) is 12.0 Å². The average Bonchev–Trinajstić information content (AvgIpc) is 2.92. The van der Waals surface area contributed by atoms with Gasteiger partial charge in [0.2, 0.25) is 5.91 Å². The Bertz CT molecular complexity index is 511. The smallest absolute Gasteiger partial charge is 0.422 e. The van der Waals surface area contributed by atoms with Crippen LogP contribution in [0.2, 0.25) is 0 Å². The van der Waals surface area contributed by atoms with Crippen molar-refractivity contribution in [3.05, 3.63) is 23.8 Å². The van der Waals surface area contributed by atoms with E-state index < -0.39 is 12.8 Å². The van der Waals surface area contributed by atoms with Crippen molar-refractivity contribution in [2.45, 2.75) is 19.5 Å². The molecule has 4 nitrogen and oxygen atoms in total. The van der Waals surface area contributed by atoms with E-state index in [1.54, 1.807) is 19.1 Å². The van der Waals surface area contributed by atoms with Gasteiger partial charge in [-0.3, -0.25) is 4.79 Å². The van der Waals surface area contributed by atoms with E-state index in [1.807, 2.05) is 0 Å². The Labute approximate surface area is 120 Å². The van der Waals surface area contributed by atoms with Crippen LogP contribution < -0.4 is 15.4 Å².